The average molecular weight is 253 g/mol. The van der Waals surface area contributed by atoms with Crippen LogP contribution >= 0.6 is 11.3 Å². The highest BCUT2D eigenvalue weighted by atomic mass is 32.1. The summed E-state index contributed by atoms with van der Waals surface area (Å²) in [5.74, 6) is 0.928. The molecule has 0 aliphatic heterocycles. The van der Waals surface area contributed by atoms with Crippen LogP contribution in [0.5, 0.6) is 0 Å². The quantitative estimate of drug-likeness (QED) is 0.782. The summed E-state index contributed by atoms with van der Waals surface area (Å²) >= 11 is 1.64. The number of thiophene rings is 1. The van der Waals surface area contributed by atoms with Crippen LogP contribution in [-0.2, 0) is 4.74 Å². The third-order valence-electron chi connectivity index (χ3n) is 2.39. The molecule has 0 radical (unpaired) electrons. The highest BCUT2D eigenvalue weighted by Gasteiger charge is 2.09. The van der Waals surface area contributed by atoms with Crippen molar-refractivity contribution in [1.29, 1.82) is 0 Å². The number of hydrogen-bond donors (Lipinski definition) is 1. The summed E-state index contributed by atoms with van der Waals surface area (Å²) in [7, 11) is 1.98. The van der Waals surface area contributed by atoms with Gasteiger partial charge in [0.2, 0.25) is 0 Å². The fourth-order valence-corrected chi connectivity index (χ4v) is 2.41. The van der Waals surface area contributed by atoms with E-state index in [1.807, 2.05) is 23.4 Å². The van der Waals surface area contributed by atoms with Gasteiger partial charge in [-0.1, -0.05) is 0 Å². The lowest BCUT2D eigenvalue weighted by Gasteiger charge is -2.18. The van der Waals surface area contributed by atoms with Crippen molar-refractivity contribution in [2.75, 3.05) is 38.3 Å². The Morgan fingerprint density at radius 3 is 3.12 bits per heavy atom. The number of aromatic nitrogens is 2. The summed E-state index contributed by atoms with van der Waals surface area (Å²) in [5, 5.41) is 10.6. The molecule has 0 aromatic carbocycles. The molecular formula is C11H15N3O2S. The predicted octanol–water partition coefficient (Wildman–Crippen LogP) is 1.14. The van der Waals surface area contributed by atoms with Crippen LogP contribution in [0.15, 0.2) is 17.8 Å². The summed E-state index contributed by atoms with van der Waals surface area (Å²) in [5.41, 5.74) is 0.975. The van der Waals surface area contributed by atoms with Crippen molar-refractivity contribution < 1.29 is 9.84 Å². The molecule has 0 bridgehead atoms. The van der Waals surface area contributed by atoms with Crippen LogP contribution in [0, 0.1) is 0 Å². The maximum Gasteiger partial charge on any atom is 0.149 e. The number of hydrogen-bond acceptors (Lipinski definition) is 6. The van der Waals surface area contributed by atoms with Gasteiger partial charge in [-0.3, -0.25) is 0 Å². The van der Waals surface area contributed by atoms with Gasteiger partial charge in [-0.25, -0.2) is 9.97 Å². The zero-order chi connectivity index (χ0) is 12.1. The Hall–Kier alpha value is -1.24. The van der Waals surface area contributed by atoms with E-state index in [0.717, 1.165) is 22.6 Å². The SMILES string of the molecule is CN(CCOCCO)c1ncnc2ccsc12. The molecule has 2 aromatic rings. The van der Waals surface area contributed by atoms with Crippen molar-refractivity contribution >= 4 is 27.4 Å². The van der Waals surface area contributed by atoms with Crippen molar-refractivity contribution in [3.8, 4) is 0 Å². The highest BCUT2D eigenvalue weighted by molar-refractivity contribution is 7.17. The summed E-state index contributed by atoms with van der Waals surface area (Å²) < 4.78 is 6.33. The first-order valence-electron chi connectivity index (χ1n) is 5.41. The van der Waals surface area contributed by atoms with E-state index >= 15 is 0 Å². The molecule has 0 unspecified atom stereocenters. The Balaban J connectivity index is 2.03. The third kappa shape index (κ3) is 2.91. The summed E-state index contributed by atoms with van der Waals surface area (Å²) in [6.45, 7) is 1.76. The molecule has 0 fully saturated rings. The van der Waals surface area contributed by atoms with Crippen LogP contribution in [0.25, 0.3) is 10.2 Å². The standard InChI is InChI=1S/C11H15N3O2S/c1-14(3-5-16-6-4-15)11-10-9(2-7-17-10)12-8-13-11/h2,7-8,15H,3-6H2,1H3. The first-order valence-corrected chi connectivity index (χ1v) is 6.29. The molecule has 2 aromatic heterocycles. The van der Waals surface area contributed by atoms with Gasteiger partial charge in [-0.15, -0.1) is 11.3 Å². The fourth-order valence-electron chi connectivity index (χ4n) is 1.52. The number of ether oxygens (including phenoxy) is 1. The smallest absolute Gasteiger partial charge is 0.149 e. The molecule has 2 heterocycles. The Kier molecular flexibility index (Phi) is 4.24. The zero-order valence-electron chi connectivity index (χ0n) is 9.67. The van der Waals surface area contributed by atoms with E-state index in [2.05, 4.69) is 9.97 Å². The zero-order valence-corrected chi connectivity index (χ0v) is 10.5. The lowest BCUT2D eigenvalue weighted by atomic mass is 10.4. The minimum atomic E-state index is 0.0619. The van der Waals surface area contributed by atoms with Crippen LogP contribution in [0.1, 0.15) is 0 Å². The summed E-state index contributed by atoms with van der Waals surface area (Å²) in [6, 6.07) is 1.99. The van der Waals surface area contributed by atoms with Gasteiger partial charge in [-0.2, -0.15) is 0 Å². The summed E-state index contributed by atoms with van der Waals surface area (Å²) in [6.07, 6.45) is 1.58. The van der Waals surface area contributed by atoms with E-state index in [0.29, 0.717) is 13.2 Å². The molecule has 0 amide bonds. The van der Waals surface area contributed by atoms with E-state index in [1.54, 1.807) is 17.7 Å². The number of fused-ring (bicyclic) bond motifs is 1. The van der Waals surface area contributed by atoms with E-state index in [1.165, 1.54) is 0 Å². The van der Waals surface area contributed by atoms with E-state index in [-0.39, 0.29) is 6.61 Å². The first kappa shape index (κ1) is 12.2. The van der Waals surface area contributed by atoms with Crippen molar-refractivity contribution in [2.24, 2.45) is 0 Å². The Bertz CT molecular complexity index is 474. The second-order valence-electron chi connectivity index (χ2n) is 3.59. The maximum absolute atomic E-state index is 8.60. The average Bonchev–Trinajstić information content (AvgIpc) is 2.82. The van der Waals surface area contributed by atoms with E-state index in [4.69, 9.17) is 9.84 Å². The molecule has 6 heteroatoms. The number of aliphatic hydroxyl groups is 1. The molecule has 92 valence electrons. The Morgan fingerprint density at radius 1 is 1.41 bits per heavy atom. The number of anilines is 1. The third-order valence-corrected chi connectivity index (χ3v) is 3.29. The molecule has 0 aliphatic rings. The molecule has 0 saturated heterocycles. The van der Waals surface area contributed by atoms with Crippen LogP contribution in [0.3, 0.4) is 0 Å². The van der Waals surface area contributed by atoms with Crippen molar-refractivity contribution in [3.05, 3.63) is 17.8 Å². The summed E-state index contributed by atoms with van der Waals surface area (Å²) in [4.78, 5) is 10.5. The van der Waals surface area contributed by atoms with Crippen molar-refractivity contribution in [1.82, 2.24) is 9.97 Å². The Morgan fingerprint density at radius 2 is 2.29 bits per heavy atom. The van der Waals surface area contributed by atoms with Gasteiger partial charge in [0.05, 0.1) is 30.0 Å². The monoisotopic (exact) mass is 253 g/mol. The van der Waals surface area contributed by atoms with Crippen LogP contribution < -0.4 is 4.90 Å². The molecule has 0 spiro atoms. The predicted molar refractivity (Wildman–Crippen MR) is 68.6 cm³/mol. The molecule has 5 nitrogen and oxygen atoms in total. The van der Waals surface area contributed by atoms with Gasteiger partial charge in [0.25, 0.3) is 0 Å². The van der Waals surface area contributed by atoms with E-state index in [9.17, 15) is 0 Å². The number of aliphatic hydroxyl groups excluding tert-OH is 1. The molecule has 1 N–H and O–H groups in total. The minimum absolute atomic E-state index is 0.0619. The number of nitrogens with zero attached hydrogens (tertiary/aromatic N) is 3. The molecule has 2 rings (SSSR count). The van der Waals surface area contributed by atoms with Gasteiger partial charge >= 0.3 is 0 Å². The second kappa shape index (κ2) is 5.90. The van der Waals surface area contributed by atoms with Gasteiger partial charge < -0.3 is 14.7 Å². The second-order valence-corrected chi connectivity index (χ2v) is 4.51. The molecule has 0 atom stereocenters. The van der Waals surface area contributed by atoms with Crippen LogP contribution in [0.2, 0.25) is 0 Å². The van der Waals surface area contributed by atoms with Gasteiger partial charge in [0.1, 0.15) is 12.1 Å². The first-order chi connectivity index (χ1) is 8.33. The molecule has 17 heavy (non-hydrogen) atoms. The normalized spacial score (nSPS) is 10.9. The molecule has 0 aliphatic carbocycles. The van der Waals surface area contributed by atoms with Crippen molar-refractivity contribution in [2.45, 2.75) is 0 Å². The highest BCUT2D eigenvalue weighted by Crippen LogP contribution is 2.26. The van der Waals surface area contributed by atoms with Gasteiger partial charge in [0.15, 0.2) is 0 Å². The van der Waals surface area contributed by atoms with Gasteiger partial charge in [-0.05, 0) is 11.4 Å². The number of rotatable bonds is 6. The fraction of sp³-hybridized carbons (Fsp3) is 0.455. The van der Waals surface area contributed by atoms with Crippen molar-refractivity contribution in [3.63, 3.8) is 0 Å². The van der Waals surface area contributed by atoms with E-state index < -0.39 is 0 Å². The molecule has 0 saturated carbocycles. The molecular weight excluding hydrogens is 238 g/mol. The number of likely N-dealkylation sites (N-methyl/N-ethyl adjacent to an activating group) is 1. The maximum atomic E-state index is 8.60. The topological polar surface area (TPSA) is 58.5 Å². The minimum Gasteiger partial charge on any atom is -0.394 e. The lowest BCUT2D eigenvalue weighted by molar-refractivity contribution is 0.0971. The van der Waals surface area contributed by atoms with Crippen LogP contribution in [-0.4, -0.2) is 48.5 Å². The Labute approximate surface area is 104 Å². The lowest BCUT2D eigenvalue weighted by Crippen LogP contribution is -2.24. The van der Waals surface area contributed by atoms with Gasteiger partial charge in [0, 0.05) is 13.6 Å². The van der Waals surface area contributed by atoms with Crippen LogP contribution in [0.4, 0.5) is 5.82 Å². The largest absolute Gasteiger partial charge is 0.394 e.